The third-order valence-corrected chi connectivity index (χ3v) is 6.66. The fourth-order valence-electron chi connectivity index (χ4n) is 3.47. The number of halogens is 1. The van der Waals surface area contributed by atoms with Gasteiger partial charge >= 0.3 is 0 Å². The van der Waals surface area contributed by atoms with E-state index in [1.807, 2.05) is 24.3 Å². The Morgan fingerprint density at radius 2 is 2.00 bits per heavy atom. The van der Waals surface area contributed by atoms with Crippen LogP contribution in [0, 0.1) is 0 Å². The highest BCUT2D eigenvalue weighted by Crippen LogP contribution is 2.31. The maximum Gasteiger partial charge on any atom is 0.271 e. The largest absolute Gasteiger partial charge is 0.338 e. The van der Waals surface area contributed by atoms with Gasteiger partial charge in [0.2, 0.25) is 5.95 Å². The summed E-state index contributed by atoms with van der Waals surface area (Å²) >= 11 is 6.34. The summed E-state index contributed by atoms with van der Waals surface area (Å²) in [6, 6.07) is 9.99. The molecule has 3 aromatic rings. The maximum atomic E-state index is 12.5. The third-order valence-electron chi connectivity index (χ3n) is 5.03. The molecule has 3 heterocycles. The number of para-hydroxylation sites is 1. The van der Waals surface area contributed by atoms with Crippen LogP contribution in [0.1, 0.15) is 11.3 Å². The van der Waals surface area contributed by atoms with Crippen LogP contribution in [0.15, 0.2) is 41.3 Å². The maximum absolute atomic E-state index is 12.5. The molecule has 0 amide bonds. The number of hydrogen-bond donors (Lipinski definition) is 3. The number of nitrogens with zero attached hydrogens (tertiary/aromatic N) is 3. The molecule has 3 N–H and O–H groups in total. The van der Waals surface area contributed by atoms with Crippen molar-refractivity contribution >= 4 is 48.0 Å². The van der Waals surface area contributed by atoms with Crippen molar-refractivity contribution in [2.24, 2.45) is 0 Å². The van der Waals surface area contributed by atoms with E-state index < -0.39 is 0 Å². The number of anilines is 4. The smallest absolute Gasteiger partial charge is 0.271 e. The van der Waals surface area contributed by atoms with E-state index >= 15 is 0 Å². The second-order valence-corrected chi connectivity index (χ2v) is 10.2. The molecule has 0 aliphatic carbocycles. The van der Waals surface area contributed by atoms with Crippen molar-refractivity contribution in [2.45, 2.75) is 13.0 Å². The summed E-state index contributed by atoms with van der Waals surface area (Å²) in [4.78, 5) is 26.5. The summed E-state index contributed by atoms with van der Waals surface area (Å²) in [7, 11) is 1.77. The van der Waals surface area contributed by atoms with Crippen LogP contribution < -0.4 is 21.5 Å². The predicted molar refractivity (Wildman–Crippen MR) is 126 cm³/mol. The molecule has 0 radical (unpaired) electrons. The van der Waals surface area contributed by atoms with Gasteiger partial charge in [-0.25, -0.2) is 4.98 Å². The Kier molecular flexibility index (Phi) is 6.04. The minimum absolute atomic E-state index is 0.181. The molecule has 0 saturated carbocycles. The number of rotatable bonds is 5. The van der Waals surface area contributed by atoms with E-state index in [4.69, 9.17) is 11.6 Å². The SMILES string of the molecule is CN1CCc2[nH]c(=O)c(Nc3ncc(Cl)c(Nc4ccccc4P(C)C)n3)cc2C1. The molecule has 0 fully saturated rings. The number of aromatic nitrogens is 3. The minimum atomic E-state index is -0.297. The van der Waals surface area contributed by atoms with Crippen molar-refractivity contribution in [1.29, 1.82) is 0 Å². The molecule has 0 unspecified atom stereocenters. The normalized spacial score (nSPS) is 13.9. The number of likely N-dealkylation sites (N-methyl/N-ethyl adjacent to an activating group) is 1. The van der Waals surface area contributed by atoms with Gasteiger partial charge in [0.1, 0.15) is 10.7 Å². The Labute approximate surface area is 181 Å². The molecule has 1 aliphatic rings. The monoisotopic (exact) mass is 442 g/mol. The van der Waals surface area contributed by atoms with Gasteiger partial charge in [-0.2, -0.15) is 4.98 Å². The molecule has 2 aromatic heterocycles. The zero-order valence-electron chi connectivity index (χ0n) is 17.2. The van der Waals surface area contributed by atoms with Gasteiger partial charge in [0.15, 0.2) is 5.82 Å². The fraction of sp³-hybridized carbons (Fsp3) is 0.286. The van der Waals surface area contributed by atoms with Gasteiger partial charge in [-0.05, 0) is 43.4 Å². The van der Waals surface area contributed by atoms with Crippen molar-refractivity contribution in [3.05, 3.63) is 63.2 Å². The second kappa shape index (κ2) is 8.72. The third kappa shape index (κ3) is 4.48. The summed E-state index contributed by atoms with van der Waals surface area (Å²) in [5.74, 6) is 0.803. The Hall–Kier alpha value is -2.47. The average molecular weight is 443 g/mol. The average Bonchev–Trinajstić information content (AvgIpc) is 2.71. The van der Waals surface area contributed by atoms with E-state index in [-0.39, 0.29) is 13.5 Å². The molecule has 7 nitrogen and oxygen atoms in total. The molecular formula is C21H24ClN6OP. The molecule has 0 atom stereocenters. The van der Waals surface area contributed by atoms with Crippen molar-refractivity contribution in [2.75, 3.05) is 37.6 Å². The summed E-state index contributed by atoms with van der Waals surface area (Å²) < 4.78 is 0. The number of H-pyrrole nitrogens is 1. The van der Waals surface area contributed by atoms with E-state index in [1.165, 1.54) is 11.5 Å². The number of benzene rings is 1. The van der Waals surface area contributed by atoms with Crippen LogP contribution in [0.3, 0.4) is 0 Å². The van der Waals surface area contributed by atoms with Crippen LogP contribution in [0.2, 0.25) is 5.02 Å². The topological polar surface area (TPSA) is 85.9 Å². The quantitative estimate of drug-likeness (QED) is 0.523. The molecule has 1 aliphatic heterocycles. The molecule has 0 bridgehead atoms. The Morgan fingerprint density at radius 1 is 1.20 bits per heavy atom. The van der Waals surface area contributed by atoms with E-state index in [1.54, 1.807) is 0 Å². The van der Waals surface area contributed by atoms with Crippen LogP contribution in [-0.4, -0.2) is 46.8 Å². The van der Waals surface area contributed by atoms with Gasteiger partial charge in [0, 0.05) is 30.9 Å². The molecule has 1 aromatic carbocycles. The molecule has 0 saturated heterocycles. The lowest BCUT2D eigenvalue weighted by Crippen LogP contribution is -2.29. The van der Waals surface area contributed by atoms with Crippen LogP contribution in [0.4, 0.5) is 23.1 Å². The lowest BCUT2D eigenvalue weighted by atomic mass is 10.1. The molecule has 9 heteroatoms. The first-order valence-electron chi connectivity index (χ1n) is 9.67. The van der Waals surface area contributed by atoms with E-state index in [9.17, 15) is 4.79 Å². The van der Waals surface area contributed by atoms with E-state index in [0.717, 1.165) is 36.5 Å². The van der Waals surface area contributed by atoms with Crippen LogP contribution >= 0.6 is 19.5 Å². The Morgan fingerprint density at radius 3 is 2.80 bits per heavy atom. The van der Waals surface area contributed by atoms with Gasteiger partial charge in [-0.15, -0.1) is 0 Å². The van der Waals surface area contributed by atoms with Crippen molar-refractivity contribution < 1.29 is 0 Å². The zero-order valence-corrected chi connectivity index (χ0v) is 18.8. The van der Waals surface area contributed by atoms with Crippen LogP contribution in [0.5, 0.6) is 0 Å². The number of pyridine rings is 1. The lowest BCUT2D eigenvalue weighted by molar-refractivity contribution is 0.310. The number of aromatic amines is 1. The number of hydrogen-bond acceptors (Lipinski definition) is 6. The highest BCUT2D eigenvalue weighted by molar-refractivity contribution is 7.64. The molecule has 156 valence electrons. The molecule has 30 heavy (non-hydrogen) atoms. The summed E-state index contributed by atoms with van der Waals surface area (Å²) in [6.07, 6.45) is 2.37. The molecule has 0 spiro atoms. The first-order chi connectivity index (χ1) is 14.4. The van der Waals surface area contributed by atoms with Crippen molar-refractivity contribution in [1.82, 2.24) is 19.9 Å². The predicted octanol–water partition coefficient (Wildman–Crippen LogP) is 3.66. The fourth-order valence-corrected chi connectivity index (χ4v) is 4.61. The first kappa shape index (κ1) is 20.8. The summed E-state index contributed by atoms with van der Waals surface area (Å²) in [5, 5.41) is 8.01. The van der Waals surface area contributed by atoms with Gasteiger partial charge in [0.25, 0.3) is 5.56 Å². The first-order valence-corrected chi connectivity index (χ1v) is 12.3. The van der Waals surface area contributed by atoms with Gasteiger partial charge in [-0.1, -0.05) is 37.7 Å². The van der Waals surface area contributed by atoms with Crippen molar-refractivity contribution in [3.63, 3.8) is 0 Å². The second-order valence-electron chi connectivity index (χ2n) is 7.56. The summed E-state index contributed by atoms with van der Waals surface area (Å²) in [6.45, 7) is 6.13. The van der Waals surface area contributed by atoms with E-state index in [0.29, 0.717) is 22.5 Å². The van der Waals surface area contributed by atoms with Gasteiger partial charge in [-0.3, -0.25) is 4.79 Å². The standard InChI is InChI=1S/C21H24ClN6OP/c1-28-9-8-15-13(12-28)10-17(20(29)25-15)26-21-23-11-14(22)19(27-21)24-16-6-4-5-7-18(16)30(2)3/h4-7,10-11H,8-9,12H2,1-3H3,(H,25,29)(H2,23,24,26,27). The summed E-state index contributed by atoms with van der Waals surface area (Å²) in [5.41, 5.74) is 3.30. The van der Waals surface area contributed by atoms with Crippen LogP contribution in [0.25, 0.3) is 0 Å². The van der Waals surface area contributed by atoms with Gasteiger partial charge < -0.3 is 20.5 Å². The lowest BCUT2D eigenvalue weighted by Gasteiger charge is -2.24. The Balaban J connectivity index is 1.62. The molecular weight excluding hydrogens is 419 g/mol. The Bertz CT molecular complexity index is 1130. The number of fused-ring (bicyclic) bond motifs is 1. The van der Waals surface area contributed by atoms with Crippen LogP contribution in [-0.2, 0) is 13.0 Å². The van der Waals surface area contributed by atoms with Gasteiger partial charge in [0.05, 0.1) is 6.20 Å². The molecule has 4 rings (SSSR count). The van der Waals surface area contributed by atoms with Crippen molar-refractivity contribution in [3.8, 4) is 0 Å². The highest BCUT2D eigenvalue weighted by Gasteiger charge is 2.17. The number of nitrogens with one attached hydrogen (secondary N) is 3. The highest BCUT2D eigenvalue weighted by atomic mass is 35.5. The zero-order chi connectivity index (χ0) is 21.3. The van der Waals surface area contributed by atoms with E-state index in [2.05, 4.69) is 56.9 Å². The minimum Gasteiger partial charge on any atom is -0.338 e.